The van der Waals surface area contributed by atoms with Crippen LogP contribution in [-0.4, -0.2) is 43.2 Å². The number of likely N-dealkylation sites (N-methyl/N-ethyl adjacent to an activating group) is 1. The van der Waals surface area contributed by atoms with E-state index in [2.05, 4.69) is 11.8 Å². The average Bonchev–Trinajstić information content (AvgIpc) is 1.84. The molecule has 0 spiro atoms. The molecule has 0 unspecified atom stereocenters. The van der Waals surface area contributed by atoms with Crippen molar-refractivity contribution >= 4 is 5.97 Å². The van der Waals surface area contributed by atoms with Crippen molar-refractivity contribution in [3.63, 3.8) is 0 Å². The van der Waals surface area contributed by atoms with Gasteiger partial charge in [0.05, 0.1) is 18.7 Å². The van der Waals surface area contributed by atoms with Crippen LogP contribution < -0.4 is 5.11 Å². The van der Waals surface area contributed by atoms with E-state index in [1.165, 1.54) is 0 Å². The van der Waals surface area contributed by atoms with E-state index in [4.69, 9.17) is 4.74 Å². The molecule has 1 rings (SSSR count). The largest absolute Gasteiger partial charge is 0.548 e. The van der Waals surface area contributed by atoms with E-state index in [1.807, 2.05) is 0 Å². The maximum atomic E-state index is 9.95. The number of nitrogens with zero attached hydrogens (tertiary/aromatic N) is 1. The van der Waals surface area contributed by atoms with Gasteiger partial charge in [0.15, 0.2) is 0 Å². The fraction of sp³-hybridized carbons (Fsp3) is 0.857. The zero-order valence-corrected chi connectivity index (χ0v) is 6.58. The zero-order valence-electron chi connectivity index (χ0n) is 6.58. The van der Waals surface area contributed by atoms with Crippen LogP contribution in [0.15, 0.2) is 0 Å². The van der Waals surface area contributed by atoms with Crippen molar-refractivity contribution in [2.24, 2.45) is 0 Å². The number of carboxylic acids is 1. The Bertz CT molecular complexity index is 143. The molecule has 0 saturated carbocycles. The fourth-order valence-corrected chi connectivity index (χ4v) is 1.07. The number of carbonyl (C=O) groups excluding carboxylic acids is 1. The molecule has 0 amide bonds. The van der Waals surface area contributed by atoms with Crippen LogP contribution in [0.1, 0.15) is 6.92 Å². The van der Waals surface area contributed by atoms with Crippen LogP contribution in [0.25, 0.3) is 0 Å². The first-order valence-corrected chi connectivity index (χ1v) is 3.76. The summed E-state index contributed by atoms with van der Waals surface area (Å²) < 4.78 is 4.97. The highest BCUT2D eigenvalue weighted by molar-refractivity contribution is 5.65. The molecular weight excluding hydrogens is 146 g/mol. The third-order valence-electron chi connectivity index (χ3n) is 1.81. The van der Waals surface area contributed by atoms with Crippen LogP contribution in [0.3, 0.4) is 0 Å². The predicted molar refractivity (Wildman–Crippen MR) is 36.9 cm³/mol. The third-order valence-corrected chi connectivity index (χ3v) is 1.81. The molecule has 0 radical (unpaired) electrons. The zero-order chi connectivity index (χ0) is 8.27. The van der Waals surface area contributed by atoms with Gasteiger partial charge in [-0.05, 0) is 6.54 Å². The SMILES string of the molecule is CCN1CC(OCC(=O)[O-])C1. The number of likely N-dealkylation sites (tertiary alicyclic amines) is 1. The van der Waals surface area contributed by atoms with Crippen molar-refractivity contribution in [3.05, 3.63) is 0 Å². The van der Waals surface area contributed by atoms with Gasteiger partial charge >= 0.3 is 0 Å². The van der Waals surface area contributed by atoms with Crippen LogP contribution in [0.2, 0.25) is 0 Å². The molecule has 1 fully saturated rings. The first kappa shape index (κ1) is 8.49. The summed E-state index contributed by atoms with van der Waals surface area (Å²) in [5.41, 5.74) is 0. The second-order valence-corrected chi connectivity index (χ2v) is 2.66. The Morgan fingerprint density at radius 2 is 2.36 bits per heavy atom. The molecule has 1 aliphatic rings. The smallest absolute Gasteiger partial charge is 0.0866 e. The van der Waals surface area contributed by atoms with Crippen LogP contribution in [-0.2, 0) is 9.53 Å². The molecule has 0 atom stereocenters. The lowest BCUT2D eigenvalue weighted by Gasteiger charge is -2.38. The van der Waals surface area contributed by atoms with Crippen molar-refractivity contribution in [1.82, 2.24) is 4.90 Å². The molecule has 1 aliphatic heterocycles. The normalized spacial score (nSPS) is 19.7. The lowest BCUT2D eigenvalue weighted by Crippen LogP contribution is -2.52. The van der Waals surface area contributed by atoms with Gasteiger partial charge in [0.2, 0.25) is 0 Å². The maximum absolute atomic E-state index is 9.95. The van der Waals surface area contributed by atoms with E-state index >= 15 is 0 Å². The average molecular weight is 158 g/mol. The van der Waals surface area contributed by atoms with Crippen LogP contribution in [0.4, 0.5) is 0 Å². The predicted octanol–water partition coefficient (Wildman–Crippen LogP) is -1.54. The Hall–Kier alpha value is -0.610. The summed E-state index contributed by atoms with van der Waals surface area (Å²) in [6.45, 7) is 4.50. The molecule has 0 aromatic carbocycles. The van der Waals surface area contributed by atoms with Gasteiger partial charge < -0.3 is 14.6 Å². The summed E-state index contributed by atoms with van der Waals surface area (Å²) in [4.78, 5) is 12.1. The second kappa shape index (κ2) is 3.69. The van der Waals surface area contributed by atoms with Gasteiger partial charge in [-0.25, -0.2) is 0 Å². The number of aliphatic carboxylic acids is 1. The van der Waals surface area contributed by atoms with E-state index < -0.39 is 5.97 Å². The van der Waals surface area contributed by atoms with E-state index in [1.54, 1.807) is 0 Å². The molecule has 64 valence electrons. The minimum absolute atomic E-state index is 0.104. The lowest BCUT2D eigenvalue weighted by atomic mass is 10.2. The molecule has 0 aliphatic carbocycles. The Kier molecular flexibility index (Phi) is 2.84. The highest BCUT2D eigenvalue weighted by atomic mass is 16.5. The number of ether oxygens (including phenoxy) is 1. The number of carboxylic acid groups (broad SMARTS) is 1. The quantitative estimate of drug-likeness (QED) is 0.497. The summed E-state index contributed by atoms with van der Waals surface area (Å²) in [6, 6.07) is 0. The highest BCUT2D eigenvalue weighted by Gasteiger charge is 2.25. The van der Waals surface area contributed by atoms with Gasteiger partial charge in [0.25, 0.3) is 0 Å². The Morgan fingerprint density at radius 3 is 2.82 bits per heavy atom. The minimum atomic E-state index is -1.14. The van der Waals surface area contributed by atoms with Crippen LogP contribution in [0, 0.1) is 0 Å². The molecule has 0 aromatic rings. The van der Waals surface area contributed by atoms with Crippen molar-refractivity contribution in [3.8, 4) is 0 Å². The summed E-state index contributed by atoms with van der Waals surface area (Å²) >= 11 is 0. The second-order valence-electron chi connectivity index (χ2n) is 2.66. The molecule has 4 nitrogen and oxygen atoms in total. The van der Waals surface area contributed by atoms with E-state index in [0.29, 0.717) is 0 Å². The molecule has 0 N–H and O–H groups in total. The molecule has 11 heavy (non-hydrogen) atoms. The summed E-state index contributed by atoms with van der Waals surface area (Å²) in [5, 5.41) is 9.95. The molecule has 1 saturated heterocycles. The van der Waals surface area contributed by atoms with Gasteiger partial charge in [-0.2, -0.15) is 0 Å². The van der Waals surface area contributed by atoms with Gasteiger partial charge in [-0.1, -0.05) is 6.92 Å². The summed E-state index contributed by atoms with van der Waals surface area (Å²) in [6.07, 6.45) is 0.104. The topological polar surface area (TPSA) is 52.6 Å². The number of hydrogen-bond donors (Lipinski definition) is 0. The number of rotatable bonds is 4. The fourth-order valence-electron chi connectivity index (χ4n) is 1.07. The van der Waals surface area contributed by atoms with Crippen molar-refractivity contribution < 1.29 is 14.6 Å². The number of carbonyl (C=O) groups is 1. The van der Waals surface area contributed by atoms with Gasteiger partial charge in [-0.3, -0.25) is 4.90 Å². The highest BCUT2D eigenvalue weighted by Crippen LogP contribution is 2.09. The lowest BCUT2D eigenvalue weighted by molar-refractivity contribution is -0.311. The Labute approximate surface area is 65.8 Å². The van der Waals surface area contributed by atoms with Crippen LogP contribution in [0.5, 0.6) is 0 Å². The first-order chi connectivity index (χ1) is 5.22. The van der Waals surface area contributed by atoms with E-state index in [0.717, 1.165) is 19.6 Å². The maximum Gasteiger partial charge on any atom is 0.0866 e. The standard InChI is InChI=1S/C7H13NO3/c1-2-8-3-6(4-8)11-5-7(9)10/h6H,2-5H2,1H3,(H,9,10)/p-1. The molecular formula is C7H12NO3-. The Morgan fingerprint density at radius 1 is 1.73 bits per heavy atom. The number of hydrogen-bond acceptors (Lipinski definition) is 4. The first-order valence-electron chi connectivity index (χ1n) is 3.76. The van der Waals surface area contributed by atoms with Crippen LogP contribution >= 0.6 is 0 Å². The molecule has 1 heterocycles. The minimum Gasteiger partial charge on any atom is -0.548 e. The summed E-state index contributed by atoms with van der Waals surface area (Å²) in [7, 11) is 0. The van der Waals surface area contributed by atoms with Crippen molar-refractivity contribution in [2.75, 3.05) is 26.2 Å². The monoisotopic (exact) mass is 158 g/mol. The molecule has 0 aromatic heterocycles. The van der Waals surface area contributed by atoms with E-state index in [-0.39, 0.29) is 12.7 Å². The van der Waals surface area contributed by atoms with Gasteiger partial charge in [0, 0.05) is 13.1 Å². The Balaban J connectivity index is 2.00. The van der Waals surface area contributed by atoms with Crippen molar-refractivity contribution in [2.45, 2.75) is 13.0 Å². The van der Waals surface area contributed by atoms with Crippen molar-refractivity contribution in [1.29, 1.82) is 0 Å². The van der Waals surface area contributed by atoms with Gasteiger partial charge in [0.1, 0.15) is 0 Å². The molecule has 0 bridgehead atoms. The van der Waals surface area contributed by atoms with E-state index in [9.17, 15) is 9.90 Å². The molecule has 4 heteroatoms. The third kappa shape index (κ3) is 2.48. The summed E-state index contributed by atoms with van der Waals surface area (Å²) in [5.74, 6) is -1.14. The van der Waals surface area contributed by atoms with Gasteiger partial charge in [-0.15, -0.1) is 0 Å².